The molecule has 0 saturated carbocycles. The van der Waals surface area contributed by atoms with Crippen molar-refractivity contribution in [3.8, 4) is 0 Å². The molecule has 1 N–H and O–H groups in total. The molecule has 0 bridgehead atoms. The van der Waals surface area contributed by atoms with E-state index in [0.29, 0.717) is 0 Å². The maximum atomic E-state index is 3.48. The second-order valence-corrected chi connectivity index (χ2v) is 3.70. The lowest BCUT2D eigenvalue weighted by Crippen LogP contribution is -2.23. The monoisotopic (exact) mass is 141 g/mol. The normalized spacial score (nSPS) is 28.5. The lowest BCUT2D eigenvalue weighted by Gasteiger charge is -2.17. The fraction of sp³-hybridized carbons (Fsp3) is 1.00. The first-order valence-corrected chi connectivity index (χ1v) is 4.51. The molecule has 0 spiro atoms. The first kappa shape index (κ1) is 8.06. The van der Waals surface area contributed by atoms with Crippen molar-refractivity contribution in [3.63, 3.8) is 0 Å². The molecule has 1 aliphatic rings. The van der Waals surface area contributed by atoms with Gasteiger partial charge in [0.1, 0.15) is 0 Å². The zero-order valence-corrected chi connectivity index (χ0v) is 7.19. The number of hydrogen-bond donors (Lipinski definition) is 1. The maximum absolute atomic E-state index is 3.48. The highest BCUT2D eigenvalue weighted by atomic mass is 14.9. The van der Waals surface area contributed by atoms with Crippen molar-refractivity contribution in [1.29, 1.82) is 0 Å². The predicted molar refractivity (Wildman–Crippen MR) is 45.0 cm³/mol. The van der Waals surface area contributed by atoms with E-state index in [1.165, 1.54) is 32.4 Å². The zero-order valence-electron chi connectivity index (χ0n) is 7.19. The van der Waals surface area contributed by atoms with Crippen molar-refractivity contribution >= 4 is 0 Å². The summed E-state index contributed by atoms with van der Waals surface area (Å²) < 4.78 is 0. The van der Waals surface area contributed by atoms with Crippen LogP contribution in [0.5, 0.6) is 0 Å². The van der Waals surface area contributed by atoms with E-state index in [0.717, 1.165) is 11.8 Å². The predicted octanol–water partition coefficient (Wildman–Crippen LogP) is 2.03. The molecule has 0 aliphatic carbocycles. The quantitative estimate of drug-likeness (QED) is 0.589. The summed E-state index contributed by atoms with van der Waals surface area (Å²) in [6, 6.07) is 0. The summed E-state index contributed by atoms with van der Waals surface area (Å²) in [7, 11) is 0. The Morgan fingerprint density at radius 1 is 1.30 bits per heavy atom. The van der Waals surface area contributed by atoms with E-state index in [1.54, 1.807) is 0 Å². The van der Waals surface area contributed by atoms with Gasteiger partial charge in [-0.15, -0.1) is 0 Å². The van der Waals surface area contributed by atoms with Crippen molar-refractivity contribution in [3.05, 3.63) is 0 Å². The minimum Gasteiger partial charge on any atom is -0.316 e. The SMILES string of the molecule is CC(C)C1CCCCNC1. The van der Waals surface area contributed by atoms with E-state index < -0.39 is 0 Å². The number of rotatable bonds is 1. The van der Waals surface area contributed by atoms with Crippen molar-refractivity contribution < 1.29 is 0 Å². The van der Waals surface area contributed by atoms with E-state index in [1.807, 2.05) is 0 Å². The van der Waals surface area contributed by atoms with Gasteiger partial charge in [-0.1, -0.05) is 20.3 Å². The van der Waals surface area contributed by atoms with Crippen LogP contribution >= 0.6 is 0 Å². The molecule has 0 amide bonds. The third-order valence-corrected chi connectivity index (χ3v) is 2.53. The minimum absolute atomic E-state index is 0.866. The third-order valence-electron chi connectivity index (χ3n) is 2.53. The first-order chi connectivity index (χ1) is 4.80. The van der Waals surface area contributed by atoms with Crippen LogP contribution in [-0.2, 0) is 0 Å². The van der Waals surface area contributed by atoms with Gasteiger partial charge in [0.25, 0.3) is 0 Å². The molecule has 10 heavy (non-hydrogen) atoms. The van der Waals surface area contributed by atoms with Gasteiger partial charge in [0.15, 0.2) is 0 Å². The molecule has 0 aromatic rings. The average molecular weight is 141 g/mol. The Morgan fingerprint density at radius 3 is 2.80 bits per heavy atom. The highest BCUT2D eigenvalue weighted by Crippen LogP contribution is 2.18. The molecule has 1 nitrogen and oxygen atoms in total. The van der Waals surface area contributed by atoms with Crippen LogP contribution in [0.2, 0.25) is 0 Å². The molecular weight excluding hydrogens is 122 g/mol. The molecule has 1 saturated heterocycles. The van der Waals surface area contributed by atoms with E-state index in [4.69, 9.17) is 0 Å². The molecule has 1 atom stereocenters. The van der Waals surface area contributed by atoms with Crippen LogP contribution in [0, 0.1) is 11.8 Å². The second kappa shape index (κ2) is 3.97. The Labute approximate surface area is 64.2 Å². The van der Waals surface area contributed by atoms with Crippen molar-refractivity contribution in [1.82, 2.24) is 5.32 Å². The minimum atomic E-state index is 0.866. The summed E-state index contributed by atoms with van der Waals surface area (Å²) in [5, 5.41) is 3.48. The zero-order chi connectivity index (χ0) is 7.40. The Bertz CT molecular complexity index is 80.7. The number of hydrogen-bond acceptors (Lipinski definition) is 1. The largest absolute Gasteiger partial charge is 0.316 e. The maximum Gasteiger partial charge on any atom is -0.00181 e. The van der Waals surface area contributed by atoms with E-state index >= 15 is 0 Å². The van der Waals surface area contributed by atoms with Gasteiger partial charge in [0.2, 0.25) is 0 Å². The molecule has 1 heteroatoms. The first-order valence-electron chi connectivity index (χ1n) is 4.51. The topological polar surface area (TPSA) is 12.0 Å². The smallest absolute Gasteiger partial charge is 0.00181 e. The van der Waals surface area contributed by atoms with Crippen molar-refractivity contribution in [2.24, 2.45) is 11.8 Å². The molecule has 1 heterocycles. The van der Waals surface area contributed by atoms with Gasteiger partial charge >= 0.3 is 0 Å². The van der Waals surface area contributed by atoms with Crippen LogP contribution in [0.1, 0.15) is 33.1 Å². The highest BCUT2D eigenvalue weighted by molar-refractivity contribution is 4.69. The Morgan fingerprint density at radius 2 is 2.10 bits per heavy atom. The Kier molecular flexibility index (Phi) is 3.20. The van der Waals surface area contributed by atoms with Crippen LogP contribution in [0.3, 0.4) is 0 Å². The van der Waals surface area contributed by atoms with Gasteiger partial charge < -0.3 is 5.32 Å². The van der Waals surface area contributed by atoms with Gasteiger partial charge in [0.05, 0.1) is 0 Å². The lowest BCUT2D eigenvalue weighted by atomic mass is 9.92. The Hall–Kier alpha value is -0.0400. The fourth-order valence-electron chi connectivity index (χ4n) is 1.62. The van der Waals surface area contributed by atoms with Crippen molar-refractivity contribution in [2.45, 2.75) is 33.1 Å². The van der Waals surface area contributed by atoms with Gasteiger partial charge in [-0.05, 0) is 37.8 Å². The summed E-state index contributed by atoms with van der Waals surface area (Å²) in [5.41, 5.74) is 0. The molecule has 0 aromatic carbocycles. The summed E-state index contributed by atoms with van der Waals surface area (Å²) in [6.45, 7) is 7.15. The summed E-state index contributed by atoms with van der Waals surface area (Å²) in [5.74, 6) is 1.80. The number of nitrogens with one attached hydrogen (secondary N) is 1. The molecule has 0 radical (unpaired) electrons. The molecule has 0 aromatic heterocycles. The fourth-order valence-corrected chi connectivity index (χ4v) is 1.62. The Balaban J connectivity index is 2.28. The molecule has 60 valence electrons. The highest BCUT2D eigenvalue weighted by Gasteiger charge is 2.14. The van der Waals surface area contributed by atoms with Gasteiger partial charge in [-0.25, -0.2) is 0 Å². The summed E-state index contributed by atoms with van der Waals surface area (Å²) in [6.07, 6.45) is 4.24. The third kappa shape index (κ3) is 2.30. The average Bonchev–Trinajstić information content (AvgIpc) is 2.12. The second-order valence-electron chi connectivity index (χ2n) is 3.70. The van der Waals surface area contributed by atoms with Crippen LogP contribution < -0.4 is 5.32 Å². The molecular formula is C9H19N. The standard InChI is InChI=1S/C9H19N/c1-8(2)9-5-3-4-6-10-7-9/h8-10H,3-7H2,1-2H3. The van der Waals surface area contributed by atoms with E-state index in [2.05, 4.69) is 19.2 Å². The van der Waals surface area contributed by atoms with E-state index in [9.17, 15) is 0 Å². The van der Waals surface area contributed by atoms with Crippen LogP contribution in [0.15, 0.2) is 0 Å². The lowest BCUT2D eigenvalue weighted by molar-refractivity contribution is 0.359. The molecule has 1 fully saturated rings. The summed E-state index contributed by atoms with van der Waals surface area (Å²) in [4.78, 5) is 0. The van der Waals surface area contributed by atoms with Crippen LogP contribution in [0.4, 0.5) is 0 Å². The van der Waals surface area contributed by atoms with Gasteiger partial charge in [0, 0.05) is 0 Å². The summed E-state index contributed by atoms with van der Waals surface area (Å²) >= 11 is 0. The van der Waals surface area contributed by atoms with Crippen LogP contribution in [-0.4, -0.2) is 13.1 Å². The molecule has 1 rings (SSSR count). The van der Waals surface area contributed by atoms with Gasteiger partial charge in [-0.2, -0.15) is 0 Å². The van der Waals surface area contributed by atoms with Gasteiger partial charge in [-0.3, -0.25) is 0 Å². The van der Waals surface area contributed by atoms with Crippen molar-refractivity contribution in [2.75, 3.05) is 13.1 Å². The molecule has 1 aliphatic heterocycles. The molecule has 1 unspecified atom stereocenters. The van der Waals surface area contributed by atoms with E-state index in [-0.39, 0.29) is 0 Å². The van der Waals surface area contributed by atoms with Crippen LogP contribution in [0.25, 0.3) is 0 Å².